The number of benzene rings is 2. The molecule has 0 aliphatic rings. The number of carbonyl (C=O) groups is 1. The average Bonchev–Trinajstić information content (AvgIpc) is 3.59. The van der Waals surface area contributed by atoms with Crippen LogP contribution >= 0.6 is 11.3 Å². The van der Waals surface area contributed by atoms with Crippen LogP contribution in [0, 0.1) is 24.0 Å². The number of hydrogen-bond donors (Lipinski definition) is 1. The van der Waals surface area contributed by atoms with Gasteiger partial charge in [-0.1, -0.05) is 47.7 Å². The van der Waals surface area contributed by atoms with E-state index in [-0.39, 0.29) is 11.6 Å². The maximum Gasteiger partial charge on any atom is 0.270 e. The Kier molecular flexibility index (Phi) is 5.31. The first-order chi connectivity index (χ1) is 17.9. The number of nitro benzene ring substituents is 1. The molecule has 182 valence electrons. The van der Waals surface area contributed by atoms with Crippen molar-refractivity contribution in [1.82, 2.24) is 18.8 Å². The Morgan fingerprint density at radius 1 is 1.00 bits per heavy atom. The third kappa shape index (κ3) is 3.93. The molecule has 1 N–H and O–H groups in total. The molecule has 0 aliphatic heterocycles. The number of pyridine rings is 1. The molecule has 9 nitrogen and oxygen atoms in total. The van der Waals surface area contributed by atoms with Crippen LogP contribution < -0.4 is 5.32 Å². The zero-order valence-electron chi connectivity index (χ0n) is 19.9. The minimum Gasteiger partial charge on any atom is -0.321 e. The molecule has 0 fully saturated rings. The Morgan fingerprint density at radius 2 is 1.84 bits per heavy atom. The number of rotatable bonds is 5. The van der Waals surface area contributed by atoms with Crippen molar-refractivity contribution in [2.45, 2.75) is 13.8 Å². The number of fused-ring (bicyclic) bond motifs is 2. The van der Waals surface area contributed by atoms with E-state index in [1.165, 1.54) is 23.5 Å². The van der Waals surface area contributed by atoms with E-state index < -0.39 is 4.92 Å². The minimum absolute atomic E-state index is 0.00470. The summed E-state index contributed by atoms with van der Waals surface area (Å²) in [5.74, 6) is -0.239. The third-order valence-corrected chi connectivity index (χ3v) is 7.40. The summed E-state index contributed by atoms with van der Waals surface area (Å²) in [5.41, 5.74) is 6.19. The molecule has 0 atom stereocenters. The average molecular weight is 509 g/mol. The highest BCUT2D eigenvalue weighted by Gasteiger charge is 2.20. The van der Waals surface area contributed by atoms with E-state index >= 15 is 0 Å². The number of aryl methyl sites for hydroxylation is 2. The van der Waals surface area contributed by atoms with E-state index in [0.29, 0.717) is 26.8 Å². The Balaban J connectivity index is 1.31. The quantitative estimate of drug-likeness (QED) is 0.222. The zero-order chi connectivity index (χ0) is 25.7. The van der Waals surface area contributed by atoms with Crippen LogP contribution in [0.25, 0.3) is 33.1 Å². The molecule has 6 rings (SSSR count). The van der Waals surface area contributed by atoms with Gasteiger partial charge in [0.15, 0.2) is 4.96 Å². The molecule has 1 amide bonds. The number of anilines is 1. The van der Waals surface area contributed by atoms with Gasteiger partial charge in [0.1, 0.15) is 10.5 Å². The molecular weight excluding hydrogens is 488 g/mol. The molecule has 0 aliphatic carbocycles. The maximum atomic E-state index is 13.3. The second kappa shape index (κ2) is 8.68. The summed E-state index contributed by atoms with van der Waals surface area (Å²) >= 11 is 1.27. The summed E-state index contributed by atoms with van der Waals surface area (Å²) in [6.07, 6.45) is 5.70. The smallest absolute Gasteiger partial charge is 0.270 e. The molecule has 0 saturated heterocycles. The number of hydrogen-bond acceptors (Lipinski definition) is 6. The van der Waals surface area contributed by atoms with Crippen molar-refractivity contribution < 1.29 is 9.72 Å². The first-order valence-electron chi connectivity index (χ1n) is 11.5. The van der Waals surface area contributed by atoms with Gasteiger partial charge < -0.3 is 9.72 Å². The Labute approximate surface area is 214 Å². The number of carbonyl (C=O) groups excluding carboxylic acids is 1. The first-order valence-corrected chi connectivity index (χ1v) is 12.3. The van der Waals surface area contributed by atoms with E-state index in [9.17, 15) is 14.9 Å². The molecule has 10 heteroatoms. The highest BCUT2D eigenvalue weighted by molar-refractivity contribution is 7.19. The fraction of sp³-hybridized carbons (Fsp3) is 0.0741. The highest BCUT2D eigenvalue weighted by atomic mass is 32.1. The Bertz CT molecular complexity index is 1850. The van der Waals surface area contributed by atoms with E-state index in [1.807, 2.05) is 71.4 Å². The van der Waals surface area contributed by atoms with Crippen LogP contribution in [0.3, 0.4) is 0 Å². The van der Waals surface area contributed by atoms with Crippen molar-refractivity contribution in [3.8, 4) is 22.5 Å². The number of non-ortho nitro benzene ring substituents is 1. The normalized spacial score (nSPS) is 11.3. The predicted molar refractivity (Wildman–Crippen MR) is 143 cm³/mol. The Morgan fingerprint density at radius 3 is 2.62 bits per heavy atom. The predicted octanol–water partition coefficient (Wildman–Crippen LogP) is 6.15. The second-order valence-electron chi connectivity index (χ2n) is 8.65. The molecule has 0 unspecified atom stereocenters. The van der Waals surface area contributed by atoms with Gasteiger partial charge in [0.2, 0.25) is 0 Å². The highest BCUT2D eigenvalue weighted by Crippen LogP contribution is 2.32. The van der Waals surface area contributed by atoms with E-state index in [4.69, 9.17) is 4.98 Å². The third-order valence-electron chi connectivity index (χ3n) is 6.24. The van der Waals surface area contributed by atoms with Gasteiger partial charge in [0, 0.05) is 47.5 Å². The lowest BCUT2D eigenvalue weighted by molar-refractivity contribution is -0.384. The largest absolute Gasteiger partial charge is 0.321 e. The lowest BCUT2D eigenvalue weighted by atomic mass is 10.1. The van der Waals surface area contributed by atoms with Gasteiger partial charge in [0.05, 0.1) is 22.0 Å². The lowest BCUT2D eigenvalue weighted by Crippen LogP contribution is -2.12. The van der Waals surface area contributed by atoms with Gasteiger partial charge in [0.25, 0.3) is 11.6 Å². The molecular formula is C27H20N6O3S. The fourth-order valence-electron chi connectivity index (χ4n) is 4.36. The number of nitrogens with zero attached hydrogens (tertiary/aromatic N) is 5. The summed E-state index contributed by atoms with van der Waals surface area (Å²) in [7, 11) is 0. The minimum atomic E-state index is -0.430. The van der Waals surface area contributed by atoms with Crippen LogP contribution in [0.15, 0.2) is 79.3 Å². The molecule has 4 heterocycles. The topological polar surface area (TPSA) is 107 Å². The van der Waals surface area contributed by atoms with Crippen molar-refractivity contribution in [3.63, 3.8) is 0 Å². The number of nitrogens with one attached hydrogen (secondary N) is 1. The van der Waals surface area contributed by atoms with Gasteiger partial charge in [-0.2, -0.15) is 0 Å². The van der Waals surface area contributed by atoms with Gasteiger partial charge in [-0.25, -0.2) is 9.97 Å². The van der Waals surface area contributed by atoms with Gasteiger partial charge in [-0.15, -0.1) is 0 Å². The van der Waals surface area contributed by atoms with Crippen molar-refractivity contribution in [3.05, 3.63) is 106 Å². The summed E-state index contributed by atoms with van der Waals surface area (Å²) in [6, 6.07) is 17.9. The number of para-hydroxylation sites is 1. The standard InChI is InChI=1S/C27H20N6O3S/c1-16-7-6-12-31-14-23(28-25(16)31)20-10-3-4-11-21(20)29-26(34)24-17(2)32-15-22(30-27(32)37-24)18-8-5-9-19(13-18)33(35)36/h3-15H,1-2H3,(H,29,34). The molecule has 0 radical (unpaired) electrons. The van der Waals surface area contributed by atoms with E-state index in [0.717, 1.165) is 28.2 Å². The summed E-state index contributed by atoms with van der Waals surface area (Å²) < 4.78 is 3.81. The van der Waals surface area contributed by atoms with Crippen LogP contribution in [0.2, 0.25) is 0 Å². The number of amides is 1. The van der Waals surface area contributed by atoms with Crippen molar-refractivity contribution >= 4 is 39.2 Å². The van der Waals surface area contributed by atoms with Crippen molar-refractivity contribution in [2.24, 2.45) is 0 Å². The van der Waals surface area contributed by atoms with Gasteiger partial charge in [-0.3, -0.25) is 19.3 Å². The summed E-state index contributed by atoms with van der Waals surface area (Å²) in [6.45, 7) is 3.87. The van der Waals surface area contributed by atoms with E-state index in [1.54, 1.807) is 18.3 Å². The van der Waals surface area contributed by atoms with Crippen molar-refractivity contribution in [1.29, 1.82) is 0 Å². The van der Waals surface area contributed by atoms with Crippen LogP contribution in [0.1, 0.15) is 20.9 Å². The lowest BCUT2D eigenvalue weighted by Gasteiger charge is -2.09. The van der Waals surface area contributed by atoms with Crippen LogP contribution in [-0.2, 0) is 0 Å². The summed E-state index contributed by atoms with van der Waals surface area (Å²) in [5, 5.41) is 14.2. The first kappa shape index (κ1) is 22.6. The zero-order valence-corrected chi connectivity index (χ0v) is 20.7. The SMILES string of the molecule is Cc1cccn2cc(-c3ccccc3NC(=O)c3sc4nc(-c5cccc([N+](=O)[O-])c5)cn4c3C)nc12. The van der Waals surface area contributed by atoms with E-state index in [2.05, 4.69) is 10.3 Å². The summed E-state index contributed by atoms with van der Waals surface area (Å²) in [4.78, 5) is 34.6. The number of thiazole rings is 1. The Hall–Kier alpha value is -4.83. The molecule has 4 aromatic heterocycles. The van der Waals surface area contributed by atoms with Gasteiger partial charge in [-0.05, 0) is 31.5 Å². The van der Waals surface area contributed by atoms with Crippen LogP contribution in [-0.4, -0.2) is 29.6 Å². The van der Waals surface area contributed by atoms with Gasteiger partial charge >= 0.3 is 0 Å². The maximum absolute atomic E-state index is 13.3. The van der Waals surface area contributed by atoms with Crippen LogP contribution in [0.5, 0.6) is 0 Å². The van der Waals surface area contributed by atoms with Crippen LogP contribution in [0.4, 0.5) is 11.4 Å². The monoisotopic (exact) mass is 508 g/mol. The molecule has 2 aromatic carbocycles. The van der Waals surface area contributed by atoms with Crippen molar-refractivity contribution in [2.75, 3.05) is 5.32 Å². The number of aromatic nitrogens is 4. The molecule has 0 bridgehead atoms. The molecule has 6 aromatic rings. The number of nitro groups is 1. The molecule has 0 spiro atoms. The molecule has 37 heavy (non-hydrogen) atoms. The fourth-order valence-corrected chi connectivity index (χ4v) is 5.36. The second-order valence-corrected chi connectivity index (χ2v) is 9.63. The number of imidazole rings is 2. The molecule has 0 saturated carbocycles.